The van der Waals surface area contributed by atoms with Crippen molar-refractivity contribution in [2.45, 2.75) is 45.4 Å². The number of carbonyl (C=O) groups excluding carboxylic acids is 2. The third-order valence-corrected chi connectivity index (χ3v) is 6.61. The molecule has 30 heavy (non-hydrogen) atoms. The van der Waals surface area contributed by atoms with Crippen molar-refractivity contribution in [1.82, 2.24) is 4.90 Å². The van der Waals surface area contributed by atoms with Gasteiger partial charge in [0, 0.05) is 11.3 Å². The average Bonchev–Trinajstić information content (AvgIpc) is 3.04. The lowest BCUT2D eigenvalue weighted by Gasteiger charge is -2.27. The molecule has 2 heterocycles. The van der Waals surface area contributed by atoms with Crippen LogP contribution in [0, 0.1) is 13.8 Å². The Morgan fingerprint density at radius 3 is 2.57 bits per heavy atom. The Bertz CT molecular complexity index is 1070. The van der Waals surface area contributed by atoms with Gasteiger partial charge < -0.3 is 5.32 Å². The molecule has 0 unspecified atom stereocenters. The second-order valence-electron chi connectivity index (χ2n) is 7.48. The lowest BCUT2D eigenvalue weighted by atomic mass is 10.1. The van der Waals surface area contributed by atoms with Crippen molar-refractivity contribution in [3.8, 4) is 0 Å². The summed E-state index contributed by atoms with van der Waals surface area (Å²) in [6.07, 6.45) is 0.603. The number of amides is 2. The standard InChI is InChI=1S/C23H24N4O2S/c1-5-18(21(28)26-19-13(2)9-8-10-14(19)3)30-23-25-17-12-7-6-11-16(17)20-24-15(4)22(29)27(20)23/h6-12,15,18H,5H2,1-4H3,(H,26,28)/t15-,18-/m1/s1. The van der Waals surface area contributed by atoms with Crippen molar-refractivity contribution < 1.29 is 9.59 Å². The van der Waals surface area contributed by atoms with Crippen LogP contribution < -0.4 is 5.32 Å². The normalized spacial score (nSPS) is 18.3. The smallest absolute Gasteiger partial charge is 0.258 e. The summed E-state index contributed by atoms with van der Waals surface area (Å²) in [4.78, 5) is 36.7. The number of amidine groups is 2. The summed E-state index contributed by atoms with van der Waals surface area (Å²) in [5.74, 6) is 0.404. The van der Waals surface area contributed by atoms with Crippen molar-refractivity contribution in [2.24, 2.45) is 9.98 Å². The Labute approximate surface area is 180 Å². The number of carbonyl (C=O) groups is 2. The number of hydrogen-bond donors (Lipinski definition) is 1. The number of aliphatic imine (C=N–C) groups is 2. The quantitative estimate of drug-likeness (QED) is 0.795. The zero-order valence-corrected chi connectivity index (χ0v) is 18.3. The first kappa shape index (κ1) is 20.3. The van der Waals surface area contributed by atoms with Crippen LogP contribution in [0.5, 0.6) is 0 Å². The molecule has 0 radical (unpaired) electrons. The lowest BCUT2D eigenvalue weighted by Crippen LogP contribution is -2.42. The van der Waals surface area contributed by atoms with Gasteiger partial charge in [-0.25, -0.2) is 9.89 Å². The van der Waals surface area contributed by atoms with E-state index >= 15 is 0 Å². The highest BCUT2D eigenvalue weighted by atomic mass is 32.2. The molecule has 2 aromatic rings. The molecule has 2 atom stereocenters. The molecule has 0 aromatic heterocycles. The van der Waals surface area contributed by atoms with Crippen LogP contribution in [-0.4, -0.2) is 39.0 Å². The first-order chi connectivity index (χ1) is 14.4. The van der Waals surface area contributed by atoms with Gasteiger partial charge in [-0.2, -0.15) is 0 Å². The van der Waals surface area contributed by atoms with Gasteiger partial charge in [0.15, 0.2) is 5.17 Å². The van der Waals surface area contributed by atoms with Gasteiger partial charge in [-0.1, -0.05) is 49.0 Å². The van der Waals surface area contributed by atoms with Crippen LogP contribution in [0.2, 0.25) is 0 Å². The third-order valence-electron chi connectivity index (χ3n) is 5.30. The summed E-state index contributed by atoms with van der Waals surface area (Å²) < 4.78 is 0. The number of hydrogen-bond acceptors (Lipinski definition) is 5. The number of aryl methyl sites for hydroxylation is 2. The van der Waals surface area contributed by atoms with E-state index in [0.29, 0.717) is 17.4 Å². The molecule has 0 saturated heterocycles. The summed E-state index contributed by atoms with van der Waals surface area (Å²) >= 11 is 1.31. The summed E-state index contributed by atoms with van der Waals surface area (Å²) in [7, 11) is 0. The van der Waals surface area contributed by atoms with E-state index in [1.807, 2.05) is 63.2 Å². The number of rotatable bonds is 4. The van der Waals surface area contributed by atoms with E-state index in [-0.39, 0.29) is 11.8 Å². The van der Waals surface area contributed by atoms with E-state index in [1.165, 1.54) is 11.8 Å². The zero-order chi connectivity index (χ0) is 21.4. The maximum atomic E-state index is 13.1. The van der Waals surface area contributed by atoms with E-state index < -0.39 is 11.3 Å². The summed E-state index contributed by atoms with van der Waals surface area (Å²) in [6, 6.07) is 13.1. The first-order valence-corrected chi connectivity index (χ1v) is 10.9. The minimum Gasteiger partial charge on any atom is -0.325 e. The Balaban J connectivity index is 1.63. The minimum absolute atomic E-state index is 0.0976. The van der Waals surface area contributed by atoms with Crippen molar-refractivity contribution in [1.29, 1.82) is 0 Å². The molecule has 4 rings (SSSR count). The third kappa shape index (κ3) is 3.54. The molecule has 0 fully saturated rings. The molecule has 2 amide bonds. The maximum Gasteiger partial charge on any atom is 0.258 e. The Hall–Kier alpha value is -2.93. The first-order valence-electron chi connectivity index (χ1n) is 10.0. The number of fused-ring (bicyclic) bond motifs is 3. The van der Waals surface area contributed by atoms with Gasteiger partial charge in [-0.15, -0.1) is 0 Å². The fourth-order valence-corrected chi connectivity index (χ4v) is 4.64. The minimum atomic E-state index is -0.458. The van der Waals surface area contributed by atoms with Crippen molar-refractivity contribution in [2.75, 3.05) is 5.32 Å². The van der Waals surface area contributed by atoms with Crippen molar-refractivity contribution in [3.63, 3.8) is 0 Å². The molecule has 2 aromatic carbocycles. The molecule has 0 aliphatic carbocycles. The Kier molecular flexibility index (Phi) is 5.47. The molecule has 0 saturated carbocycles. The number of thioether (sulfide) groups is 1. The molecular weight excluding hydrogens is 396 g/mol. The van der Waals surface area contributed by atoms with Crippen LogP contribution in [0.3, 0.4) is 0 Å². The molecule has 2 aliphatic rings. The molecule has 1 N–H and O–H groups in total. The summed E-state index contributed by atoms with van der Waals surface area (Å²) in [6.45, 7) is 7.70. The second kappa shape index (κ2) is 8.07. The van der Waals surface area contributed by atoms with Gasteiger partial charge >= 0.3 is 0 Å². The highest BCUT2D eigenvalue weighted by Crippen LogP contribution is 2.35. The SMILES string of the molecule is CC[C@@H](SC1=Nc2ccccc2C2=N[C@H](C)C(=O)N12)C(=O)Nc1c(C)cccc1C. The maximum absolute atomic E-state index is 13.1. The molecule has 0 bridgehead atoms. The molecule has 6 nitrogen and oxygen atoms in total. The highest BCUT2D eigenvalue weighted by Gasteiger charge is 2.40. The van der Waals surface area contributed by atoms with Gasteiger partial charge in [0.05, 0.1) is 10.9 Å². The molecule has 0 spiro atoms. The molecular formula is C23H24N4O2S. The number of anilines is 1. The summed E-state index contributed by atoms with van der Waals surface area (Å²) in [5, 5.41) is 3.18. The van der Waals surface area contributed by atoms with Crippen LogP contribution in [0.1, 0.15) is 37.0 Å². The number of benzene rings is 2. The van der Waals surface area contributed by atoms with Crippen molar-refractivity contribution >= 4 is 46.0 Å². The van der Waals surface area contributed by atoms with Crippen LogP contribution in [-0.2, 0) is 9.59 Å². The van der Waals surface area contributed by atoms with E-state index in [0.717, 1.165) is 28.1 Å². The monoisotopic (exact) mass is 420 g/mol. The largest absolute Gasteiger partial charge is 0.325 e. The van der Waals surface area contributed by atoms with Gasteiger partial charge in [-0.05, 0) is 50.5 Å². The van der Waals surface area contributed by atoms with E-state index in [2.05, 4.69) is 10.3 Å². The van der Waals surface area contributed by atoms with Gasteiger partial charge in [0.25, 0.3) is 5.91 Å². The fourth-order valence-electron chi connectivity index (χ4n) is 3.62. The number of nitrogens with zero attached hydrogens (tertiary/aromatic N) is 3. The Morgan fingerprint density at radius 1 is 1.17 bits per heavy atom. The number of para-hydroxylation sites is 2. The fraction of sp³-hybridized carbons (Fsp3) is 0.304. The number of nitrogens with one attached hydrogen (secondary N) is 1. The predicted molar refractivity (Wildman–Crippen MR) is 123 cm³/mol. The van der Waals surface area contributed by atoms with Crippen molar-refractivity contribution in [3.05, 3.63) is 59.2 Å². The van der Waals surface area contributed by atoms with Crippen LogP contribution >= 0.6 is 11.8 Å². The van der Waals surface area contributed by atoms with E-state index in [9.17, 15) is 9.59 Å². The molecule has 2 aliphatic heterocycles. The zero-order valence-electron chi connectivity index (χ0n) is 17.5. The lowest BCUT2D eigenvalue weighted by molar-refractivity contribution is -0.124. The average molecular weight is 421 g/mol. The molecule has 7 heteroatoms. The van der Waals surface area contributed by atoms with Crippen LogP contribution in [0.4, 0.5) is 11.4 Å². The predicted octanol–water partition coefficient (Wildman–Crippen LogP) is 4.43. The highest BCUT2D eigenvalue weighted by molar-refractivity contribution is 8.15. The van der Waals surface area contributed by atoms with Gasteiger partial charge in [0.1, 0.15) is 11.9 Å². The van der Waals surface area contributed by atoms with E-state index in [1.54, 1.807) is 11.8 Å². The van der Waals surface area contributed by atoms with Crippen LogP contribution in [0.25, 0.3) is 0 Å². The Morgan fingerprint density at radius 2 is 1.87 bits per heavy atom. The second-order valence-corrected chi connectivity index (χ2v) is 8.65. The molecule has 154 valence electrons. The topological polar surface area (TPSA) is 74.1 Å². The van der Waals surface area contributed by atoms with Gasteiger partial charge in [0.2, 0.25) is 5.91 Å². The van der Waals surface area contributed by atoms with Crippen LogP contribution in [0.15, 0.2) is 52.4 Å². The summed E-state index contributed by atoms with van der Waals surface area (Å²) in [5.41, 5.74) is 4.48. The van der Waals surface area contributed by atoms with Gasteiger partial charge in [-0.3, -0.25) is 14.6 Å². The van der Waals surface area contributed by atoms with E-state index in [4.69, 9.17) is 4.99 Å².